The van der Waals surface area contributed by atoms with Crippen LogP contribution < -0.4 is 5.73 Å². The summed E-state index contributed by atoms with van der Waals surface area (Å²) in [6.45, 7) is 0. The number of nitrogens with one attached hydrogen (secondary N) is 1. The fraction of sp³-hybridized carbons (Fsp3) is 0. The topological polar surface area (TPSA) is 87.8 Å². The van der Waals surface area contributed by atoms with Crippen LogP contribution in [0, 0.1) is 0 Å². The molecule has 0 saturated carbocycles. The maximum absolute atomic E-state index is 9.46. The van der Waals surface area contributed by atoms with Gasteiger partial charge in [0, 0.05) is 5.69 Å². The van der Waals surface area contributed by atoms with Crippen LogP contribution in [0.4, 0.5) is 5.69 Å². The maximum atomic E-state index is 9.46. The first-order chi connectivity index (χ1) is 6.27. The molecule has 1 aromatic carbocycles. The summed E-state index contributed by atoms with van der Waals surface area (Å²) < 4.78 is 0. The van der Waals surface area contributed by atoms with E-state index in [1.165, 1.54) is 12.4 Å². The zero-order valence-corrected chi connectivity index (χ0v) is 6.73. The van der Waals surface area contributed by atoms with Crippen LogP contribution in [0.2, 0.25) is 0 Å². The number of anilines is 1. The molecule has 0 aliphatic carbocycles. The lowest BCUT2D eigenvalue weighted by molar-refractivity contribution is 0.477. The second kappa shape index (κ2) is 2.78. The van der Waals surface area contributed by atoms with Gasteiger partial charge in [0.05, 0.1) is 5.56 Å². The molecule has 0 spiro atoms. The summed E-state index contributed by atoms with van der Waals surface area (Å²) >= 11 is 0. The number of nitrogens with two attached hydrogens (primary N) is 1. The number of H-pyrrole nitrogens is 1. The molecule has 0 aliphatic rings. The van der Waals surface area contributed by atoms with Crippen LogP contribution in [0.5, 0.6) is 5.75 Å². The van der Waals surface area contributed by atoms with Crippen molar-refractivity contribution in [1.82, 2.24) is 15.2 Å². The van der Waals surface area contributed by atoms with E-state index in [0.29, 0.717) is 17.1 Å². The minimum absolute atomic E-state index is 0.131. The van der Waals surface area contributed by atoms with E-state index < -0.39 is 0 Å². The minimum atomic E-state index is 0.131. The molecule has 0 amide bonds. The van der Waals surface area contributed by atoms with Crippen LogP contribution in [-0.2, 0) is 0 Å². The minimum Gasteiger partial charge on any atom is -0.507 e. The largest absolute Gasteiger partial charge is 0.507 e. The van der Waals surface area contributed by atoms with Gasteiger partial charge in [0.2, 0.25) is 0 Å². The number of hydrogen-bond donors (Lipinski definition) is 3. The Labute approximate surface area is 74.2 Å². The molecule has 0 radical (unpaired) electrons. The zero-order valence-electron chi connectivity index (χ0n) is 6.73. The number of phenolic OH excluding ortho intramolecular Hbond substituents is 1. The van der Waals surface area contributed by atoms with Crippen LogP contribution in [-0.4, -0.2) is 20.3 Å². The van der Waals surface area contributed by atoms with E-state index in [1.54, 1.807) is 12.1 Å². The number of rotatable bonds is 1. The lowest BCUT2D eigenvalue weighted by Crippen LogP contribution is -1.87. The molecule has 0 fully saturated rings. The standard InChI is InChI=1S/C8H8N4O/c9-5-1-2-7(13)6(3-5)8-10-4-11-12-8/h1-4,13H,9H2,(H,10,11,12). The van der Waals surface area contributed by atoms with Gasteiger partial charge in [0.25, 0.3) is 0 Å². The van der Waals surface area contributed by atoms with E-state index in [0.717, 1.165) is 0 Å². The Bertz CT molecular complexity index is 410. The summed E-state index contributed by atoms with van der Waals surface area (Å²) in [4.78, 5) is 3.91. The number of hydrogen-bond acceptors (Lipinski definition) is 4. The number of benzene rings is 1. The number of aromatic hydroxyl groups is 1. The second-order valence-corrected chi connectivity index (χ2v) is 2.61. The third-order valence-corrected chi connectivity index (χ3v) is 1.69. The van der Waals surface area contributed by atoms with Crippen molar-refractivity contribution in [1.29, 1.82) is 0 Å². The Morgan fingerprint density at radius 2 is 2.23 bits per heavy atom. The maximum Gasteiger partial charge on any atom is 0.159 e. The molecule has 5 heteroatoms. The molecule has 2 rings (SSSR count). The Hall–Kier alpha value is -2.04. The van der Waals surface area contributed by atoms with Crippen LogP contribution in [0.1, 0.15) is 0 Å². The van der Waals surface area contributed by atoms with Gasteiger partial charge in [-0.15, -0.1) is 0 Å². The van der Waals surface area contributed by atoms with Crippen LogP contribution in [0.15, 0.2) is 24.5 Å². The highest BCUT2D eigenvalue weighted by Crippen LogP contribution is 2.27. The van der Waals surface area contributed by atoms with Crippen molar-refractivity contribution in [2.24, 2.45) is 0 Å². The number of aromatic amines is 1. The van der Waals surface area contributed by atoms with Crippen molar-refractivity contribution < 1.29 is 5.11 Å². The molecule has 0 saturated heterocycles. The number of nitrogens with zero attached hydrogens (tertiary/aromatic N) is 2. The molecule has 4 N–H and O–H groups in total. The Morgan fingerprint density at radius 1 is 1.38 bits per heavy atom. The van der Waals surface area contributed by atoms with Gasteiger partial charge in [0.15, 0.2) is 5.82 Å². The lowest BCUT2D eigenvalue weighted by Gasteiger charge is -2.01. The lowest BCUT2D eigenvalue weighted by atomic mass is 10.1. The fourth-order valence-electron chi connectivity index (χ4n) is 1.08. The number of nitrogen functional groups attached to an aromatic ring is 1. The van der Waals surface area contributed by atoms with Gasteiger partial charge in [-0.25, -0.2) is 4.98 Å². The average molecular weight is 176 g/mol. The molecule has 2 aromatic rings. The van der Waals surface area contributed by atoms with Crippen LogP contribution in [0.3, 0.4) is 0 Å². The summed E-state index contributed by atoms with van der Waals surface area (Å²) in [5.41, 5.74) is 6.69. The smallest absolute Gasteiger partial charge is 0.159 e. The monoisotopic (exact) mass is 176 g/mol. The predicted octanol–water partition coefficient (Wildman–Crippen LogP) is 0.759. The van der Waals surface area contributed by atoms with Gasteiger partial charge < -0.3 is 10.8 Å². The Balaban J connectivity index is 2.57. The molecule has 13 heavy (non-hydrogen) atoms. The molecule has 0 aliphatic heterocycles. The molecular weight excluding hydrogens is 168 g/mol. The van der Waals surface area contributed by atoms with Crippen LogP contribution in [0.25, 0.3) is 11.4 Å². The summed E-state index contributed by atoms with van der Waals surface area (Å²) in [5.74, 6) is 0.635. The SMILES string of the molecule is Nc1ccc(O)c(-c2ncn[nH]2)c1. The molecule has 0 unspecified atom stereocenters. The molecule has 5 nitrogen and oxygen atoms in total. The van der Waals surface area contributed by atoms with Gasteiger partial charge in [-0.2, -0.15) is 5.10 Å². The highest BCUT2D eigenvalue weighted by atomic mass is 16.3. The molecule has 0 atom stereocenters. The first kappa shape index (κ1) is 7.60. The third kappa shape index (κ3) is 1.31. The third-order valence-electron chi connectivity index (χ3n) is 1.69. The van der Waals surface area contributed by atoms with Crippen molar-refractivity contribution in [2.75, 3.05) is 5.73 Å². The quantitative estimate of drug-likeness (QED) is 0.442. The Morgan fingerprint density at radius 3 is 2.92 bits per heavy atom. The molecule has 66 valence electrons. The predicted molar refractivity (Wildman–Crippen MR) is 47.9 cm³/mol. The van der Waals surface area contributed by atoms with E-state index >= 15 is 0 Å². The van der Waals surface area contributed by atoms with Gasteiger partial charge in [-0.3, -0.25) is 5.10 Å². The van der Waals surface area contributed by atoms with Gasteiger partial charge >= 0.3 is 0 Å². The van der Waals surface area contributed by atoms with E-state index in [-0.39, 0.29) is 5.75 Å². The highest BCUT2D eigenvalue weighted by Gasteiger charge is 2.06. The van der Waals surface area contributed by atoms with Crippen molar-refractivity contribution in [3.63, 3.8) is 0 Å². The van der Waals surface area contributed by atoms with Crippen LogP contribution >= 0.6 is 0 Å². The summed E-state index contributed by atoms with van der Waals surface area (Å²) in [6, 6.07) is 4.78. The number of aromatic nitrogens is 3. The molecule has 1 heterocycles. The first-order valence-electron chi connectivity index (χ1n) is 3.71. The van der Waals surface area contributed by atoms with Crippen molar-refractivity contribution in [2.45, 2.75) is 0 Å². The molecule has 0 bridgehead atoms. The normalized spacial score (nSPS) is 10.2. The fourth-order valence-corrected chi connectivity index (χ4v) is 1.08. The Kier molecular flexibility index (Phi) is 1.63. The average Bonchev–Trinajstić information content (AvgIpc) is 2.61. The summed E-state index contributed by atoms with van der Waals surface area (Å²) in [7, 11) is 0. The molecule has 1 aromatic heterocycles. The van der Waals surface area contributed by atoms with Crippen molar-refractivity contribution in [3.8, 4) is 17.1 Å². The van der Waals surface area contributed by atoms with Gasteiger partial charge in [-0.1, -0.05) is 0 Å². The van der Waals surface area contributed by atoms with Crippen molar-refractivity contribution >= 4 is 5.69 Å². The van der Waals surface area contributed by atoms with E-state index in [1.807, 2.05) is 0 Å². The highest BCUT2D eigenvalue weighted by molar-refractivity contribution is 5.67. The number of phenols is 1. The summed E-state index contributed by atoms with van der Waals surface area (Å²) in [6.07, 6.45) is 1.37. The van der Waals surface area contributed by atoms with Gasteiger partial charge in [-0.05, 0) is 18.2 Å². The molecular formula is C8H8N4O. The zero-order chi connectivity index (χ0) is 9.26. The van der Waals surface area contributed by atoms with Gasteiger partial charge in [0.1, 0.15) is 12.1 Å². The summed E-state index contributed by atoms with van der Waals surface area (Å²) in [5, 5.41) is 15.8. The van der Waals surface area contributed by atoms with E-state index in [2.05, 4.69) is 15.2 Å². The van der Waals surface area contributed by atoms with E-state index in [9.17, 15) is 5.11 Å². The van der Waals surface area contributed by atoms with Crippen molar-refractivity contribution in [3.05, 3.63) is 24.5 Å². The second-order valence-electron chi connectivity index (χ2n) is 2.61. The van der Waals surface area contributed by atoms with E-state index in [4.69, 9.17) is 5.73 Å². The first-order valence-corrected chi connectivity index (χ1v) is 3.71.